The highest BCUT2D eigenvalue weighted by molar-refractivity contribution is 5.85. The van der Waals surface area contributed by atoms with Gasteiger partial charge in [0.25, 0.3) is 0 Å². The SMILES string of the molecule is CCCCN(CC(C)(NCCC)C(N)=O)c1ccccc1. The van der Waals surface area contributed by atoms with Gasteiger partial charge in [-0.15, -0.1) is 0 Å². The summed E-state index contributed by atoms with van der Waals surface area (Å²) in [5.74, 6) is -0.298. The molecule has 0 spiro atoms. The van der Waals surface area contributed by atoms with Crippen LogP contribution in [-0.4, -0.2) is 31.1 Å². The number of nitrogens with one attached hydrogen (secondary N) is 1. The lowest BCUT2D eigenvalue weighted by Crippen LogP contribution is -2.60. The molecule has 1 amide bonds. The summed E-state index contributed by atoms with van der Waals surface area (Å²) in [7, 11) is 0. The van der Waals surface area contributed by atoms with E-state index < -0.39 is 5.54 Å². The Balaban J connectivity index is 2.89. The summed E-state index contributed by atoms with van der Waals surface area (Å²) < 4.78 is 0. The van der Waals surface area contributed by atoms with Crippen molar-refractivity contribution in [3.05, 3.63) is 30.3 Å². The van der Waals surface area contributed by atoms with Crippen LogP contribution >= 0.6 is 0 Å². The summed E-state index contributed by atoms with van der Waals surface area (Å²) in [4.78, 5) is 14.1. The molecule has 1 rings (SSSR count). The van der Waals surface area contributed by atoms with Gasteiger partial charge in [-0.1, -0.05) is 38.5 Å². The van der Waals surface area contributed by atoms with Crippen molar-refractivity contribution in [2.24, 2.45) is 5.73 Å². The fourth-order valence-corrected chi connectivity index (χ4v) is 2.29. The number of unbranched alkanes of at least 4 members (excludes halogenated alkanes) is 1. The largest absolute Gasteiger partial charge is 0.369 e. The van der Waals surface area contributed by atoms with Crippen LogP contribution in [0.3, 0.4) is 0 Å². The molecular formula is C17H29N3O. The minimum Gasteiger partial charge on any atom is -0.369 e. The second kappa shape index (κ2) is 8.67. The van der Waals surface area contributed by atoms with E-state index in [1.54, 1.807) is 0 Å². The van der Waals surface area contributed by atoms with E-state index in [0.29, 0.717) is 6.54 Å². The molecule has 0 radical (unpaired) electrons. The molecule has 0 fully saturated rings. The Morgan fingerprint density at radius 2 is 1.90 bits per heavy atom. The van der Waals surface area contributed by atoms with Crippen LogP contribution in [0.5, 0.6) is 0 Å². The van der Waals surface area contributed by atoms with Crippen molar-refractivity contribution in [3.8, 4) is 0 Å². The third-order valence-electron chi connectivity index (χ3n) is 3.72. The lowest BCUT2D eigenvalue weighted by Gasteiger charge is -2.35. The number of hydrogen-bond acceptors (Lipinski definition) is 3. The van der Waals surface area contributed by atoms with Gasteiger partial charge in [0, 0.05) is 18.8 Å². The number of benzene rings is 1. The topological polar surface area (TPSA) is 58.4 Å². The minimum absolute atomic E-state index is 0.298. The molecular weight excluding hydrogens is 262 g/mol. The van der Waals surface area contributed by atoms with Gasteiger partial charge in [0.15, 0.2) is 0 Å². The Morgan fingerprint density at radius 1 is 1.24 bits per heavy atom. The van der Waals surface area contributed by atoms with E-state index >= 15 is 0 Å². The monoisotopic (exact) mass is 291 g/mol. The number of carbonyl (C=O) groups excluding carboxylic acids is 1. The number of rotatable bonds is 10. The van der Waals surface area contributed by atoms with Crippen LogP contribution in [0.1, 0.15) is 40.0 Å². The molecule has 0 saturated carbocycles. The first-order valence-corrected chi connectivity index (χ1v) is 7.88. The summed E-state index contributed by atoms with van der Waals surface area (Å²) in [6, 6.07) is 10.2. The van der Waals surface area contributed by atoms with Crippen molar-refractivity contribution in [2.75, 3.05) is 24.5 Å². The second-order valence-corrected chi connectivity index (χ2v) is 5.73. The molecule has 0 aliphatic rings. The molecule has 1 aromatic carbocycles. The van der Waals surface area contributed by atoms with E-state index in [1.807, 2.05) is 25.1 Å². The quantitative estimate of drug-likeness (QED) is 0.696. The molecule has 118 valence electrons. The van der Waals surface area contributed by atoms with Crippen molar-refractivity contribution in [1.29, 1.82) is 0 Å². The number of carbonyl (C=O) groups is 1. The van der Waals surface area contributed by atoms with E-state index in [2.05, 4.69) is 36.2 Å². The van der Waals surface area contributed by atoms with Crippen molar-refractivity contribution in [3.63, 3.8) is 0 Å². The van der Waals surface area contributed by atoms with Crippen LogP contribution in [0.15, 0.2) is 30.3 Å². The molecule has 4 nitrogen and oxygen atoms in total. The smallest absolute Gasteiger partial charge is 0.239 e. The summed E-state index contributed by atoms with van der Waals surface area (Å²) in [5, 5.41) is 3.31. The van der Waals surface area contributed by atoms with Crippen LogP contribution in [-0.2, 0) is 4.79 Å². The third-order valence-corrected chi connectivity index (χ3v) is 3.72. The summed E-state index contributed by atoms with van der Waals surface area (Å²) in [6.45, 7) is 8.46. The molecule has 1 aromatic rings. The Hall–Kier alpha value is -1.55. The van der Waals surface area contributed by atoms with E-state index in [9.17, 15) is 4.79 Å². The van der Waals surface area contributed by atoms with E-state index in [1.165, 1.54) is 0 Å². The number of anilines is 1. The maximum Gasteiger partial charge on any atom is 0.239 e. The summed E-state index contributed by atoms with van der Waals surface area (Å²) >= 11 is 0. The van der Waals surface area contributed by atoms with Gasteiger partial charge in [0.1, 0.15) is 5.54 Å². The van der Waals surface area contributed by atoms with Crippen LogP contribution in [0.4, 0.5) is 5.69 Å². The van der Waals surface area contributed by atoms with Gasteiger partial charge in [0.2, 0.25) is 5.91 Å². The van der Waals surface area contributed by atoms with Crippen LogP contribution < -0.4 is 16.0 Å². The Kier molecular flexibility index (Phi) is 7.23. The molecule has 1 atom stereocenters. The highest BCUT2D eigenvalue weighted by atomic mass is 16.1. The summed E-state index contributed by atoms with van der Waals surface area (Å²) in [5.41, 5.74) is 6.07. The molecule has 1 unspecified atom stereocenters. The first-order valence-electron chi connectivity index (χ1n) is 7.88. The van der Waals surface area contributed by atoms with E-state index in [0.717, 1.165) is 38.0 Å². The minimum atomic E-state index is -0.709. The zero-order chi connectivity index (χ0) is 15.7. The molecule has 0 saturated heterocycles. The molecule has 0 heterocycles. The Bertz CT molecular complexity index is 421. The van der Waals surface area contributed by atoms with E-state index in [-0.39, 0.29) is 5.91 Å². The molecule has 0 bridgehead atoms. The molecule has 0 aliphatic heterocycles. The molecule has 3 N–H and O–H groups in total. The first kappa shape index (κ1) is 17.5. The van der Waals surface area contributed by atoms with Gasteiger partial charge in [-0.05, 0) is 38.4 Å². The maximum atomic E-state index is 11.9. The number of nitrogens with two attached hydrogens (primary N) is 1. The van der Waals surface area contributed by atoms with Crippen molar-refractivity contribution in [2.45, 2.75) is 45.6 Å². The van der Waals surface area contributed by atoms with Crippen LogP contribution in [0.2, 0.25) is 0 Å². The highest BCUT2D eigenvalue weighted by Gasteiger charge is 2.32. The van der Waals surface area contributed by atoms with Gasteiger partial charge >= 0.3 is 0 Å². The normalized spacial score (nSPS) is 13.7. The average Bonchev–Trinajstić information content (AvgIpc) is 2.50. The second-order valence-electron chi connectivity index (χ2n) is 5.73. The Morgan fingerprint density at radius 3 is 2.43 bits per heavy atom. The molecule has 0 aromatic heterocycles. The number of amides is 1. The lowest BCUT2D eigenvalue weighted by molar-refractivity contribution is -0.123. The number of nitrogens with zero attached hydrogens (tertiary/aromatic N) is 1. The zero-order valence-corrected chi connectivity index (χ0v) is 13.6. The third kappa shape index (κ3) is 5.38. The van der Waals surface area contributed by atoms with E-state index in [4.69, 9.17) is 5.73 Å². The predicted octanol–water partition coefficient (Wildman–Crippen LogP) is 2.54. The van der Waals surface area contributed by atoms with Crippen molar-refractivity contribution in [1.82, 2.24) is 5.32 Å². The van der Waals surface area contributed by atoms with Gasteiger partial charge in [0.05, 0.1) is 0 Å². The standard InChI is InChI=1S/C17H29N3O/c1-4-6-13-20(15-10-8-7-9-11-15)14-17(3,16(18)21)19-12-5-2/h7-11,19H,4-6,12-14H2,1-3H3,(H2,18,21). The molecule has 4 heteroatoms. The summed E-state index contributed by atoms with van der Waals surface area (Å²) in [6.07, 6.45) is 3.19. The van der Waals surface area contributed by atoms with Gasteiger partial charge in [-0.25, -0.2) is 0 Å². The zero-order valence-electron chi connectivity index (χ0n) is 13.6. The molecule has 0 aliphatic carbocycles. The molecule has 21 heavy (non-hydrogen) atoms. The van der Waals surface area contributed by atoms with Gasteiger partial charge in [-0.3, -0.25) is 4.79 Å². The van der Waals surface area contributed by atoms with Crippen LogP contribution in [0, 0.1) is 0 Å². The van der Waals surface area contributed by atoms with Crippen molar-refractivity contribution < 1.29 is 4.79 Å². The van der Waals surface area contributed by atoms with Gasteiger partial charge in [-0.2, -0.15) is 0 Å². The van der Waals surface area contributed by atoms with Crippen molar-refractivity contribution >= 4 is 11.6 Å². The number of hydrogen-bond donors (Lipinski definition) is 2. The van der Waals surface area contributed by atoms with Crippen LogP contribution in [0.25, 0.3) is 0 Å². The predicted molar refractivity (Wildman–Crippen MR) is 89.5 cm³/mol. The number of primary amides is 1. The fourth-order valence-electron chi connectivity index (χ4n) is 2.29. The highest BCUT2D eigenvalue weighted by Crippen LogP contribution is 2.18. The fraction of sp³-hybridized carbons (Fsp3) is 0.588. The number of para-hydroxylation sites is 1. The first-order chi connectivity index (χ1) is 10.0. The van der Waals surface area contributed by atoms with Gasteiger partial charge < -0.3 is 16.0 Å². The Labute approximate surface area is 128 Å². The maximum absolute atomic E-state index is 11.9. The average molecular weight is 291 g/mol. The lowest BCUT2D eigenvalue weighted by atomic mass is 9.99.